The van der Waals surface area contributed by atoms with Crippen molar-refractivity contribution in [2.24, 2.45) is 0 Å². The number of hydrogen-bond donors (Lipinski definition) is 1. The summed E-state index contributed by atoms with van der Waals surface area (Å²) in [4.78, 5) is 16.5. The van der Waals surface area contributed by atoms with Crippen LogP contribution in [0, 0.1) is 5.82 Å². The third-order valence-corrected chi connectivity index (χ3v) is 6.48. The molecule has 1 aliphatic carbocycles. The van der Waals surface area contributed by atoms with E-state index in [1.807, 2.05) is 24.3 Å². The Morgan fingerprint density at radius 2 is 1.85 bits per heavy atom. The zero-order valence-corrected chi connectivity index (χ0v) is 19.4. The average Bonchev–Trinajstić information content (AvgIpc) is 3.62. The van der Waals surface area contributed by atoms with E-state index < -0.39 is 24.0 Å². The fourth-order valence-electron chi connectivity index (χ4n) is 4.93. The minimum Gasteiger partial charge on any atom is -0.481 e. The molecule has 5 rings (SSSR count). The molecule has 1 aliphatic heterocycles. The lowest BCUT2D eigenvalue weighted by Crippen LogP contribution is -2.45. The summed E-state index contributed by atoms with van der Waals surface area (Å²) in [6.45, 7) is 8.06. The van der Waals surface area contributed by atoms with Gasteiger partial charge in [-0.1, -0.05) is 36.9 Å². The average molecular weight is 462 g/mol. The number of rotatable bonds is 6. The number of halogens is 1. The van der Waals surface area contributed by atoms with Crippen molar-refractivity contribution in [3.8, 4) is 11.1 Å². The summed E-state index contributed by atoms with van der Waals surface area (Å²) < 4.78 is 26.0. The Morgan fingerprint density at radius 1 is 1.15 bits per heavy atom. The molecule has 0 amide bonds. The molecule has 3 aromatic rings. The second-order valence-corrected chi connectivity index (χ2v) is 9.65. The maximum atomic E-state index is 13.8. The predicted molar refractivity (Wildman–Crippen MR) is 129 cm³/mol. The highest BCUT2D eigenvalue weighted by molar-refractivity contribution is 6.01. The van der Waals surface area contributed by atoms with Crippen molar-refractivity contribution in [2.75, 3.05) is 0 Å². The number of benzene rings is 2. The van der Waals surface area contributed by atoms with Gasteiger partial charge in [-0.2, -0.15) is 0 Å². The van der Waals surface area contributed by atoms with Gasteiger partial charge in [-0.25, -0.2) is 4.39 Å². The van der Waals surface area contributed by atoms with Gasteiger partial charge in [0.2, 0.25) is 0 Å². The molecular formula is C28H28FNO4. The molecular weight excluding hydrogens is 433 g/mol. The second kappa shape index (κ2) is 8.60. The Hall–Kier alpha value is -3.09. The van der Waals surface area contributed by atoms with Crippen molar-refractivity contribution in [3.63, 3.8) is 0 Å². The number of hydrogen-bond acceptors (Lipinski definition) is 4. The largest absolute Gasteiger partial charge is 0.481 e. The number of carbonyl (C=O) groups is 1. The highest BCUT2D eigenvalue weighted by Crippen LogP contribution is 2.48. The van der Waals surface area contributed by atoms with Gasteiger partial charge >= 0.3 is 5.97 Å². The molecule has 6 heteroatoms. The SMILES string of the molecule is C=C(c1c(C2CC2)nc2ccccc2c1-c1ccc(F)cc1)[C@H]1C[C@H](CC(=O)O)OC(C)(C)O1. The van der Waals surface area contributed by atoms with Crippen LogP contribution in [0.1, 0.15) is 56.7 Å². The van der Waals surface area contributed by atoms with Gasteiger partial charge in [-0.3, -0.25) is 9.78 Å². The van der Waals surface area contributed by atoms with Crippen LogP contribution in [0.2, 0.25) is 0 Å². The number of carboxylic acids is 1. The number of pyridine rings is 1. The van der Waals surface area contributed by atoms with Gasteiger partial charge in [0.25, 0.3) is 0 Å². The number of para-hydroxylation sites is 1. The van der Waals surface area contributed by atoms with E-state index in [1.165, 1.54) is 12.1 Å². The minimum atomic E-state index is -0.952. The van der Waals surface area contributed by atoms with Crippen LogP contribution < -0.4 is 0 Å². The van der Waals surface area contributed by atoms with Crippen LogP contribution in [0.5, 0.6) is 0 Å². The molecule has 2 fully saturated rings. The van der Waals surface area contributed by atoms with Gasteiger partial charge in [0.1, 0.15) is 5.82 Å². The first kappa shape index (κ1) is 22.7. The van der Waals surface area contributed by atoms with E-state index in [4.69, 9.17) is 14.5 Å². The number of nitrogens with zero attached hydrogens (tertiary/aromatic N) is 1. The van der Waals surface area contributed by atoms with Gasteiger partial charge < -0.3 is 14.6 Å². The van der Waals surface area contributed by atoms with Crippen LogP contribution >= 0.6 is 0 Å². The van der Waals surface area contributed by atoms with Crippen molar-refractivity contribution in [3.05, 3.63) is 72.2 Å². The third kappa shape index (κ3) is 4.48. The first-order chi connectivity index (χ1) is 16.2. The van der Waals surface area contributed by atoms with Crippen LogP contribution in [0.25, 0.3) is 27.6 Å². The van der Waals surface area contributed by atoms with E-state index in [-0.39, 0.29) is 12.2 Å². The monoisotopic (exact) mass is 461 g/mol. The highest BCUT2D eigenvalue weighted by atomic mass is 19.1. The molecule has 1 saturated heterocycles. The number of aromatic nitrogens is 1. The summed E-state index contributed by atoms with van der Waals surface area (Å²) in [5, 5.41) is 10.3. The van der Waals surface area contributed by atoms with Crippen LogP contribution in [0.15, 0.2) is 55.1 Å². The molecule has 2 aromatic carbocycles. The predicted octanol–water partition coefficient (Wildman–Crippen LogP) is 6.32. The normalized spacial score (nSPS) is 22.0. The lowest BCUT2D eigenvalue weighted by Gasteiger charge is -2.41. The van der Waals surface area contributed by atoms with Gasteiger partial charge in [0.05, 0.1) is 29.8 Å². The van der Waals surface area contributed by atoms with Crippen molar-refractivity contribution in [1.82, 2.24) is 4.98 Å². The van der Waals surface area contributed by atoms with Crippen LogP contribution in [-0.2, 0) is 14.3 Å². The molecule has 1 N–H and O–H groups in total. The quantitative estimate of drug-likeness (QED) is 0.465. The summed E-state index contributed by atoms with van der Waals surface area (Å²) >= 11 is 0. The Bertz CT molecular complexity index is 1260. The fourth-order valence-corrected chi connectivity index (χ4v) is 4.93. The molecule has 2 atom stereocenters. The zero-order chi connectivity index (χ0) is 24.0. The van der Waals surface area contributed by atoms with E-state index in [0.717, 1.165) is 51.7 Å². The number of carboxylic acid groups (broad SMARTS) is 1. The first-order valence-electron chi connectivity index (χ1n) is 11.7. The topological polar surface area (TPSA) is 68.7 Å². The van der Waals surface area contributed by atoms with Gasteiger partial charge in [0.15, 0.2) is 5.79 Å². The molecule has 1 aromatic heterocycles. The van der Waals surface area contributed by atoms with Crippen LogP contribution in [-0.4, -0.2) is 34.1 Å². The van der Waals surface area contributed by atoms with Crippen molar-refractivity contribution in [1.29, 1.82) is 0 Å². The standard InChI is InChI=1S/C28H28FNO4/c1-16(23-14-20(15-24(31)32)33-28(2,3)34-23)25-26(17-10-12-19(29)13-11-17)21-6-4-5-7-22(21)30-27(25)18-8-9-18/h4-7,10-13,18,20,23H,1,8-9,14-15H2,2-3H3,(H,31,32)/t20-,23-/m1/s1. The first-order valence-corrected chi connectivity index (χ1v) is 11.7. The summed E-state index contributed by atoms with van der Waals surface area (Å²) in [6, 6.07) is 14.5. The number of ether oxygens (including phenoxy) is 2. The molecule has 2 heterocycles. The van der Waals surface area contributed by atoms with Gasteiger partial charge in [0, 0.05) is 28.9 Å². The lowest BCUT2D eigenvalue weighted by molar-refractivity contribution is -0.288. The van der Waals surface area contributed by atoms with E-state index in [0.29, 0.717) is 12.3 Å². The second-order valence-electron chi connectivity index (χ2n) is 9.65. The molecule has 34 heavy (non-hydrogen) atoms. The fraction of sp³-hybridized carbons (Fsp3) is 0.357. The summed E-state index contributed by atoms with van der Waals surface area (Å²) in [5.74, 6) is -1.83. The molecule has 2 aliphatic rings. The molecule has 0 bridgehead atoms. The van der Waals surface area contributed by atoms with Crippen molar-refractivity contribution in [2.45, 2.75) is 63.4 Å². The molecule has 1 saturated carbocycles. The lowest BCUT2D eigenvalue weighted by atomic mass is 9.85. The van der Waals surface area contributed by atoms with Crippen LogP contribution in [0.3, 0.4) is 0 Å². The van der Waals surface area contributed by atoms with Gasteiger partial charge in [-0.05, 0) is 56.0 Å². The summed E-state index contributed by atoms with van der Waals surface area (Å²) in [6.07, 6.45) is 1.45. The van der Waals surface area contributed by atoms with E-state index >= 15 is 0 Å². The Labute approximate surface area is 198 Å². The molecule has 5 nitrogen and oxygen atoms in total. The third-order valence-electron chi connectivity index (χ3n) is 6.48. The van der Waals surface area contributed by atoms with E-state index in [2.05, 4.69) is 6.58 Å². The highest BCUT2D eigenvalue weighted by Gasteiger charge is 2.40. The molecule has 0 unspecified atom stereocenters. The smallest absolute Gasteiger partial charge is 0.305 e. The summed E-state index contributed by atoms with van der Waals surface area (Å²) in [7, 11) is 0. The molecule has 0 spiro atoms. The Kier molecular flexibility index (Phi) is 5.74. The maximum absolute atomic E-state index is 13.8. The molecule has 0 radical (unpaired) electrons. The Morgan fingerprint density at radius 3 is 2.53 bits per heavy atom. The zero-order valence-electron chi connectivity index (χ0n) is 19.4. The van der Waals surface area contributed by atoms with E-state index in [1.54, 1.807) is 26.0 Å². The molecule has 176 valence electrons. The van der Waals surface area contributed by atoms with Crippen molar-refractivity contribution < 1.29 is 23.8 Å². The van der Waals surface area contributed by atoms with Crippen molar-refractivity contribution >= 4 is 22.4 Å². The summed E-state index contributed by atoms with van der Waals surface area (Å²) in [5.41, 5.74) is 5.38. The van der Waals surface area contributed by atoms with Crippen LogP contribution in [0.4, 0.5) is 4.39 Å². The minimum absolute atomic E-state index is 0.104. The number of fused-ring (bicyclic) bond motifs is 1. The number of aliphatic carboxylic acids is 1. The van der Waals surface area contributed by atoms with E-state index in [9.17, 15) is 14.3 Å². The maximum Gasteiger partial charge on any atom is 0.305 e. The Balaban J connectivity index is 1.68. The van der Waals surface area contributed by atoms with Gasteiger partial charge in [-0.15, -0.1) is 0 Å².